The minimum Gasteiger partial charge on any atom is -0.446 e. The molecule has 0 spiro atoms. The van der Waals surface area contributed by atoms with Crippen molar-refractivity contribution in [3.05, 3.63) is 53.2 Å². The fourth-order valence-corrected chi connectivity index (χ4v) is 4.96. The Labute approximate surface area is 187 Å². The van der Waals surface area contributed by atoms with E-state index in [-0.39, 0.29) is 48.4 Å². The van der Waals surface area contributed by atoms with Crippen LogP contribution in [-0.2, 0) is 6.61 Å². The molecule has 11 heteroatoms. The number of nitrogens with zero attached hydrogens (tertiary/aromatic N) is 3. The maximum atomic E-state index is 13.3. The van der Waals surface area contributed by atoms with Gasteiger partial charge in [0.15, 0.2) is 11.5 Å². The summed E-state index contributed by atoms with van der Waals surface area (Å²) in [5, 5.41) is 19.3. The quantitative estimate of drug-likeness (QED) is 0.420. The highest BCUT2D eigenvalue weighted by atomic mass is 16.4. The summed E-state index contributed by atoms with van der Waals surface area (Å²) in [6.07, 6.45) is 0. The average molecular weight is 453 g/mol. The van der Waals surface area contributed by atoms with E-state index >= 15 is 0 Å². The van der Waals surface area contributed by atoms with Crippen LogP contribution < -0.4 is 5.73 Å². The maximum Gasteiger partial charge on any atom is 0.289 e. The number of amides is 3. The predicted octanol–water partition coefficient (Wildman–Crippen LogP) is -0.0478. The smallest absolute Gasteiger partial charge is 0.289 e. The lowest BCUT2D eigenvalue weighted by Gasteiger charge is -2.28. The van der Waals surface area contributed by atoms with Gasteiger partial charge in [0.1, 0.15) is 12.4 Å². The number of fused-ring (bicyclic) bond motifs is 2. The first-order valence-electron chi connectivity index (χ1n) is 10.6. The van der Waals surface area contributed by atoms with Crippen LogP contribution in [0.25, 0.3) is 11.0 Å². The highest BCUT2D eigenvalue weighted by Crippen LogP contribution is 2.37. The van der Waals surface area contributed by atoms with E-state index in [1.807, 2.05) is 0 Å². The van der Waals surface area contributed by atoms with Crippen molar-refractivity contribution >= 4 is 28.8 Å². The number of rotatable bonds is 5. The molecule has 1 aromatic carbocycles. The number of hydrogen-bond donors (Lipinski definition) is 4. The maximum absolute atomic E-state index is 13.3. The number of carbonyl (C=O) groups excluding carboxylic acids is 3. The van der Waals surface area contributed by atoms with Crippen molar-refractivity contribution in [1.82, 2.24) is 19.8 Å². The Bertz CT molecular complexity index is 1250. The lowest BCUT2D eigenvalue weighted by molar-refractivity contribution is 0.0597. The molecule has 2 saturated heterocycles. The number of likely N-dealkylation sites (tertiary alicyclic amines) is 2. The summed E-state index contributed by atoms with van der Waals surface area (Å²) < 4.78 is 5.25. The number of aliphatic hydroxyl groups excluding tert-OH is 2. The SMILES string of the molecule is NC(=O)c1ccc(C(=O)N2CC3CN(C(=O)c4ccc5nc(CO)[nH]c5c4)C(CO)C3C2)o1. The third kappa shape index (κ3) is 3.55. The minimum atomic E-state index is -0.747. The Morgan fingerprint density at radius 3 is 2.58 bits per heavy atom. The van der Waals surface area contributed by atoms with E-state index in [0.29, 0.717) is 42.1 Å². The van der Waals surface area contributed by atoms with Crippen LogP contribution in [0.3, 0.4) is 0 Å². The van der Waals surface area contributed by atoms with Crippen molar-refractivity contribution in [3.63, 3.8) is 0 Å². The molecule has 172 valence electrons. The van der Waals surface area contributed by atoms with Gasteiger partial charge in [0.05, 0.1) is 23.7 Å². The number of hydrogen-bond acceptors (Lipinski definition) is 7. The number of furan rings is 1. The van der Waals surface area contributed by atoms with Gasteiger partial charge in [0.25, 0.3) is 17.7 Å². The van der Waals surface area contributed by atoms with Crippen LogP contribution in [0, 0.1) is 11.8 Å². The molecular formula is C22H23N5O6. The molecule has 4 heterocycles. The largest absolute Gasteiger partial charge is 0.446 e. The molecule has 3 unspecified atom stereocenters. The third-order valence-corrected chi connectivity index (χ3v) is 6.54. The van der Waals surface area contributed by atoms with Crippen molar-refractivity contribution in [1.29, 1.82) is 0 Å². The summed E-state index contributed by atoms with van der Waals surface area (Å²) in [4.78, 5) is 47.8. The molecule has 0 aliphatic carbocycles. The van der Waals surface area contributed by atoms with Crippen molar-refractivity contribution in [3.8, 4) is 0 Å². The Hall–Kier alpha value is -3.70. The van der Waals surface area contributed by atoms with Gasteiger partial charge in [-0.2, -0.15) is 0 Å². The lowest BCUT2D eigenvalue weighted by Crippen LogP contribution is -2.43. The Balaban J connectivity index is 1.31. The molecule has 11 nitrogen and oxygen atoms in total. The van der Waals surface area contributed by atoms with Crippen molar-refractivity contribution in [2.75, 3.05) is 26.2 Å². The summed E-state index contributed by atoms with van der Waals surface area (Å²) in [7, 11) is 0. The molecule has 3 amide bonds. The van der Waals surface area contributed by atoms with Crippen molar-refractivity contribution in [2.24, 2.45) is 17.6 Å². The molecule has 0 radical (unpaired) electrons. The molecule has 3 atom stereocenters. The molecule has 0 bridgehead atoms. The second-order valence-corrected chi connectivity index (χ2v) is 8.44. The minimum absolute atomic E-state index is 0.0116. The van der Waals surface area contributed by atoms with Crippen LogP contribution in [0.5, 0.6) is 0 Å². The number of aromatic nitrogens is 2. The molecule has 2 fully saturated rings. The molecule has 2 aliphatic heterocycles. The van der Waals surface area contributed by atoms with Crippen molar-refractivity contribution < 1.29 is 29.0 Å². The number of primary amides is 1. The highest BCUT2D eigenvalue weighted by Gasteiger charge is 2.49. The number of carbonyl (C=O) groups is 3. The van der Waals surface area contributed by atoms with Gasteiger partial charge in [-0.05, 0) is 30.3 Å². The number of aromatic amines is 1. The van der Waals surface area contributed by atoms with Gasteiger partial charge in [-0.3, -0.25) is 14.4 Å². The zero-order chi connectivity index (χ0) is 23.3. The standard InChI is InChI=1S/C22H23N5O6/c23-20(30)17-3-4-18(33-17)22(32)26-6-12-7-27(16(9-28)13(12)8-26)21(31)11-1-2-14-15(5-11)25-19(10-29)24-14/h1-5,12-13,16,28-29H,6-10H2,(H2,23,30)(H,24,25). The van der Waals surface area contributed by atoms with Gasteiger partial charge in [-0.15, -0.1) is 0 Å². The monoisotopic (exact) mass is 453 g/mol. The molecule has 3 aromatic rings. The van der Waals surface area contributed by atoms with Crippen LogP contribution in [0.2, 0.25) is 0 Å². The summed E-state index contributed by atoms with van der Waals surface area (Å²) in [6, 6.07) is 7.44. The first-order valence-corrected chi connectivity index (χ1v) is 10.6. The predicted molar refractivity (Wildman–Crippen MR) is 114 cm³/mol. The Morgan fingerprint density at radius 2 is 1.88 bits per heavy atom. The molecule has 2 aromatic heterocycles. The number of nitrogens with one attached hydrogen (secondary N) is 1. The van der Waals surface area contributed by atoms with E-state index in [1.54, 1.807) is 28.0 Å². The Morgan fingerprint density at radius 1 is 1.09 bits per heavy atom. The van der Waals surface area contributed by atoms with Crippen LogP contribution >= 0.6 is 0 Å². The van der Waals surface area contributed by atoms with Gasteiger partial charge < -0.3 is 35.1 Å². The third-order valence-electron chi connectivity index (χ3n) is 6.54. The summed E-state index contributed by atoms with van der Waals surface area (Å²) >= 11 is 0. The zero-order valence-corrected chi connectivity index (χ0v) is 17.6. The second-order valence-electron chi connectivity index (χ2n) is 8.44. The van der Waals surface area contributed by atoms with Gasteiger partial charge in [-0.1, -0.05) is 0 Å². The molecule has 33 heavy (non-hydrogen) atoms. The summed E-state index contributed by atoms with van der Waals surface area (Å²) in [6.45, 7) is 0.742. The number of H-pyrrole nitrogens is 1. The Kier molecular flexibility index (Phi) is 5.14. The fourth-order valence-electron chi connectivity index (χ4n) is 4.96. The molecule has 5 N–H and O–H groups in total. The zero-order valence-electron chi connectivity index (χ0n) is 17.6. The van der Waals surface area contributed by atoms with Gasteiger partial charge in [0.2, 0.25) is 0 Å². The topological polar surface area (TPSA) is 166 Å². The van der Waals surface area contributed by atoms with E-state index in [4.69, 9.17) is 10.2 Å². The van der Waals surface area contributed by atoms with E-state index in [2.05, 4.69) is 9.97 Å². The second kappa shape index (κ2) is 8.01. The molecular weight excluding hydrogens is 430 g/mol. The van der Waals surface area contributed by atoms with Gasteiger partial charge >= 0.3 is 0 Å². The van der Waals surface area contributed by atoms with Crippen LogP contribution in [0.15, 0.2) is 34.7 Å². The number of imidazole rings is 1. The summed E-state index contributed by atoms with van der Waals surface area (Å²) in [5.41, 5.74) is 6.94. The number of aliphatic hydroxyl groups is 2. The normalized spacial score (nSPS) is 22.2. The fraction of sp³-hybridized carbons (Fsp3) is 0.364. The van der Waals surface area contributed by atoms with E-state index < -0.39 is 11.9 Å². The lowest BCUT2D eigenvalue weighted by atomic mass is 9.94. The number of nitrogens with two attached hydrogens (primary N) is 1. The molecule has 2 aliphatic rings. The molecule has 5 rings (SSSR count). The molecule has 0 saturated carbocycles. The van der Waals surface area contributed by atoms with Crippen LogP contribution in [0.1, 0.15) is 37.3 Å². The van der Waals surface area contributed by atoms with Crippen LogP contribution in [-0.4, -0.2) is 80.0 Å². The number of benzene rings is 1. The van der Waals surface area contributed by atoms with E-state index in [1.165, 1.54) is 12.1 Å². The van der Waals surface area contributed by atoms with Gasteiger partial charge in [0, 0.05) is 37.0 Å². The van der Waals surface area contributed by atoms with E-state index in [0.717, 1.165) is 0 Å². The first kappa shape index (κ1) is 21.2. The first-order chi connectivity index (χ1) is 15.9. The van der Waals surface area contributed by atoms with Gasteiger partial charge in [-0.25, -0.2) is 4.98 Å². The van der Waals surface area contributed by atoms with E-state index in [9.17, 15) is 24.6 Å². The van der Waals surface area contributed by atoms with Crippen molar-refractivity contribution in [2.45, 2.75) is 12.6 Å². The average Bonchev–Trinajstić information content (AvgIpc) is 3.58. The summed E-state index contributed by atoms with van der Waals surface area (Å²) in [5.74, 6) is -1.000. The van der Waals surface area contributed by atoms with Crippen LogP contribution in [0.4, 0.5) is 0 Å². The highest BCUT2D eigenvalue weighted by molar-refractivity contribution is 5.98.